The monoisotopic (exact) mass is 281 g/mol. The number of aromatic nitrogens is 2. The maximum absolute atomic E-state index is 12.3. The second-order valence-electron chi connectivity index (χ2n) is 4.75. The standard InChI is InChI=1S/C13H19N3O4/c1-7(13(19)20-5)6-16(4)12(18)10-8(2)9(3)14-15-11(10)17/h7H,6H2,1-5H3,(H,15,17). The summed E-state index contributed by atoms with van der Waals surface area (Å²) in [5.74, 6) is -1.30. The van der Waals surface area contributed by atoms with E-state index >= 15 is 0 Å². The van der Waals surface area contributed by atoms with Crippen molar-refractivity contribution in [1.29, 1.82) is 0 Å². The molecule has 0 saturated carbocycles. The number of hydrogen-bond donors (Lipinski definition) is 1. The van der Waals surface area contributed by atoms with E-state index < -0.39 is 23.4 Å². The van der Waals surface area contributed by atoms with E-state index in [0.717, 1.165) is 0 Å². The smallest absolute Gasteiger partial charge is 0.310 e. The molecule has 0 aliphatic carbocycles. The van der Waals surface area contributed by atoms with E-state index in [0.29, 0.717) is 11.3 Å². The molecule has 1 aromatic rings. The molecule has 0 spiro atoms. The first kappa shape index (κ1) is 15.9. The molecule has 0 fully saturated rings. The lowest BCUT2D eigenvalue weighted by Crippen LogP contribution is -2.37. The number of hydrogen-bond acceptors (Lipinski definition) is 5. The van der Waals surface area contributed by atoms with Gasteiger partial charge < -0.3 is 9.64 Å². The molecule has 0 aromatic carbocycles. The summed E-state index contributed by atoms with van der Waals surface area (Å²) < 4.78 is 4.61. The Morgan fingerprint density at radius 1 is 1.40 bits per heavy atom. The van der Waals surface area contributed by atoms with Crippen molar-refractivity contribution in [3.8, 4) is 0 Å². The summed E-state index contributed by atoms with van der Waals surface area (Å²) in [6.07, 6.45) is 0. The first-order valence-corrected chi connectivity index (χ1v) is 6.18. The van der Waals surface area contributed by atoms with Crippen molar-refractivity contribution in [1.82, 2.24) is 15.1 Å². The van der Waals surface area contributed by atoms with Gasteiger partial charge >= 0.3 is 5.97 Å². The number of amides is 1. The summed E-state index contributed by atoms with van der Waals surface area (Å²) in [6, 6.07) is 0. The highest BCUT2D eigenvalue weighted by molar-refractivity contribution is 5.95. The van der Waals surface area contributed by atoms with Crippen LogP contribution in [-0.2, 0) is 9.53 Å². The zero-order valence-electron chi connectivity index (χ0n) is 12.3. The Morgan fingerprint density at radius 3 is 2.55 bits per heavy atom. The Morgan fingerprint density at radius 2 is 2.00 bits per heavy atom. The molecule has 1 atom stereocenters. The lowest BCUT2D eigenvalue weighted by Gasteiger charge is -2.20. The molecule has 0 bridgehead atoms. The highest BCUT2D eigenvalue weighted by Crippen LogP contribution is 2.09. The van der Waals surface area contributed by atoms with Crippen molar-refractivity contribution < 1.29 is 14.3 Å². The van der Waals surface area contributed by atoms with Crippen molar-refractivity contribution in [2.24, 2.45) is 5.92 Å². The molecule has 110 valence electrons. The maximum atomic E-state index is 12.3. The van der Waals surface area contributed by atoms with Crippen LogP contribution in [0.1, 0.15) is 28.5 Å². The number of carbonyl (C=O) groups is 2. The summed E-state index contributed by atoms with van der Waals surface area (Å²) in [6.45, 7) is 5.21. The van der Waals surface area contributed by atoms with E-state index in [4.69, 9.17) is 0 Å². The number of rotatable bonds is 4. The Kier molecular flexibility index (Phi) is 5.01. The van der Waals surface area contributed by atoms with Crippen molar-refractivity contribution >= 4 is 11.9 Å². The fourth-order valence-corrected chi connectivity index (χ4v) is 1.84. The number of H-pyrrole nitrogens is 1. The Hall–Kier alpha value is -2.18. The lowest BCUT2D eigenvalue weighted by atomic mass is 10.1. The van der Waals surface area contributed by atoms with Crippen LogP contribution in [0.2, 0.25) is 0 Å². The summed E-state index contributed by atoms with van der Waals surface area (Å²) in [7, 11) is 2.83. The summed E-state index contributed by atoms with van der Waals surface area (Å²) in [5.41, 5.74) is 0.645. The Bertz CT molecular complexity index is 579. The van der Waals surface area contributed by atoms with Gasteiger partial charge in [0.25, 0.3) is 11.5 Å². The van der Waals surface area contributed by atoms with Crippen LogP contribution < -0.4 is 5.56 Å². The Labute approximate surface area is 116 Å². The molecule has 0 saturated heterocycles. The molecule has 1 amide bonds. The molecule has 1 rings (SSSR count). The maximum Gasteiger partial charge on any atom is 0.310 e. The molecule has 1 aromatic heterocycles. The third-order valence-electron chi connectivity index (χ3n) is 3.18. The zero-order valence-corrected chi connectivity index (χ0v) is 12.3. The first-order chi connectivity index (χ1) is 9.29. The number of aromatic amines is 1. The van der Waals surface area contributed by atoms with Crippen molar-refractivity contribution in [3.63, 3.8) is 0 Å². The summed E-state index contributed by atoms with van der Waals surface area (Å²) in [4.78, 5) is 36.8. The predicted octanol–water partition coefficient (Wildman–Crippen LogP) is 0.268. The van der Waals surface area contributed by atoms with Gasteiger partial charge in [0.15, 0.2) is 0 Å². The number of methoxy groups -OCH3 is 1. The highest BCUT2D eigenvalue weighted by Gasteiger charge is 2.23. The molecule has 7 heteroatoms. The van der Waals surface area contributed by atoms with Gasteiger partial charge in [0, 0.05) is 13.6 Å². The fourth-order valence-electron chi connectivity index (χ4n) is 1.84. The highest BCUT2D eigenvalue weighted by atomic mass is 16.5. The minimum absolute atomic E-state index is 0.0528. The zero-order chi connectivity index (χ0) is 15.4. The molecular formula is C13H19N3O4. The number of carbonyl (C=O) groups excluding carboxylic acids is 2. The summed E-state index contributed by atoms with van der Waals surface area (Å²) >= 11 is 0. The van der Waals surface area contributed by atoms with Crippen LogP contribution in [0.5, 0.6) is 0 Å². The first-order valence-electron chi connectivity index (χ1n) is 6.18. The van der Waals surface area contributed by atoms with E-state index in [2.05, 4.69) is 14.9 Å². The molecule has 7 nitrogen and oxygen atoms in total. The van der Waals surface area contributed by atoms with E-state index in [1.54, 1.807) is 20.8 Å². The molecular weight excluding hydrogens is 262 g/mol. The molecule has 20 heavy (non-hydrogen) atoms. The van der Waals surface area contributed by atoms with Crippen molar-refractivity contribution in [2.75, 3.05) is 20.7 Å². The summed E-state index contributed by atoms with van der Waals surface area (Å²) in [5, 5.41) is 6.09. The molecule has 1 unspecified atom stereocenters. The minimum Gasteiger partial charge on any atom is -0.469 e. The van der Waals surface area contributed by atoms with Gasteiger partial charge in [-0.05, 0) is 19.4 Å². The predicted molar refractivity (Wildman–Crippen MR) is 72.5 cm³/mol. The van der Waals surface area contributed by atoms with Crippen molar-refractivity contribution in [3.05, 3.63) is 27.2 Å². The Balaban J connectivity index is 2.99. The van der Waals surface area contributed by atoms with Crippen LogP contribution in [0.25, 0.3) is 0 Å². The minimum atomic E-state index is -0.532. The average molecular weight is 281 g/mol. The van der Waals surface area contributed by atoms with Gasteiger partial charge in [0.05, 0.1) is 18.7 Å². The topological polar surface area (TPSA) is 92.4 Å². The fraction of sp³-hybridized carbons (Fsp3) is 0.538. The third kappa shape index (κ3) is 3.23. The molecule has 0 aliphatic rings. The van der Waals surface area contributed by atoms with Gasteiger partial charge in [-0.1, -0.05) is 6.92 Å². The van der Waals surface area contributed by atoms with Crippen LogP contribution in [-0.4, -0.2) is 47.7 Å². The normalized spacial score (nSPS) is 11.8. The van der Waals surface area contributed by atoms with Gasteiger partial charge in [0.1, 0.15) is 5.56 Å². The number of esters is 1. The third-order valence-corrected chi connectivity index (χ3v) is 3.18. The van der Waals surface area contributed by atoms with Crippen LogP contribution in [0.4, 0.5) is 0 Å². The van der Waals surface area contributed by atoms with E-state index in [-0.39, 0.29) is 12.1 Å². The second kappa shape index (κ2) is 6.31. The van der Waals surface area contributed by atoms with Crippen LogP contribution in [0.3, 0.4) is 0 Å². The number of aryl methyl sites for hydroxylation is 1. The van der Waals surface area contributed by atoms with Crippen molar-refractivity contribution in [2.45, 2.75) is 20.8 Å². The van der Waals surface area contributed by atoms with Crippen LogP contribution in [0, 0.1) is 19.8 Å². The SMILES string of the molecule is COC(=O)C(C)CN(C)C(=O)c1c(C)c(C)n[nH]c1=O. The molecule has 0 aliphatic heterocycles. The van der Waals surface area contributed by atoms with Crippen LogP contribution >= 0.6 is 0 Å². The number of ether oxygens (including phenoxy) is 1. The lowest BCUT2D eigenvalue weighted by molar-refractivity contribution is -0.145. The van der Waals surface area contributed by atoms with Gasteiger partial charge in [-0.15, -0.1) is 0 Å². The second-order valence-corrected chi connectivity index (χ2v) is 4.75. The van der Waals surface area contributed by atoms with Gasteiger partial charge in [0.2, 0.25) is 0 Å². The van der Waals surface area contributed by atoms with Crippen LogP contribution in [0.15, 0.2) is 4.79 Å². The van der Waals surface area contributed by atoms with E-state index in [9.17, 15) is 14.4 Å². The number of nitrogens with zero attached hydrogens (tertiary/aromatic N) is 2. The largest absolute Gasteiger partial charge is 0.469 e. The van der Waals surface area contributed by atoms with E-state index in [1.165, 1.54) is 19.1 Å². The average Bonchev–Trinajstić information content (AvgIpc) is 2.42. The van der Waals surface area contributed by atoms with Gasteiger partial charge in [-0.2, -0.15) is 5.10 Å². The van der Waals surface area contributed by atoms with Gasteiger partial charge in [-0.3, -0.25) is 14.4 Å². The molecule has 1 N–H and O–H groups in total. The number of nitrogens with one attached hydrogen (secondary N) is 1. The quantitative estimate of drug-likeness (QED) is 0.800. The van der Waals surface area contributed by atoms with Gasteiger partial charge in [-0.25, -0.2) is 5.10 Å². The molecule has 0 radical (unpaired) electrons. The molecule has 1 heterocycles. The van der Waals surface area contributed by atoms with E-state index in [1.807, 2.05) is 0 Å².